The molecule has 1 N–H and O–H groups in total. The van der Waals surface area contributed by atoms with E-state index in [4.69, 9.17) is 4.74 Å². The number of carbonyl (C=O) groups excluding carboxylic acids is 1. The summed E-state index contributed by atoms with van der Waals surface area (Å²) >= 11 is 0. The highest BCUT2D eigenvalue weighted by Gasteiger charge is 2.51. The predicted octanol–water partition coefficient (Wildman–Crippen LogP) is 1.26. The van der Waals surface area contributed by atoms with Crippen LogP contribution < -0.4 is 5.32 Å². The smallest absolute Gasteiger partial charge is 0.249 e. The fraction of sp³-hybridized carbons (Fsp3) is 0.929. The van der Waals surface area contributed by atoms with Gasteiger partial charge in [-0.25, -0.2) is 8.78 Å². The van der Waals surface area contributed by atoms with E-state index < -0.39 is 11.8 Å². The second kappa shape index (κ2) is 4.91. The van der Waals surface area contributed by atoms with E-state index in [0.29, 0.717) is 12.5 Å². The Bertz CT molecular complexity index is 389. The fourth-order valence-electron chi connectivity index (χ4n) is 3.77. The number of alkyl halides is 2. The van der Waals surface area contributed by atoms with Gasteiger partial charge in [-0.2, -0.15) is 0 Å². The Balaban J connectivity index is 1.39. The van der Waals surface area contributed by atoms with Crippen LogP contribution >= 0.6 is 0 Å². The van der Waals surface area contributed by atoms with Crippen molar-refractivity contribution in [1.82, 2.24) is 10.2 Å². The van der Waals surface area contributed by atoms with Crippen molar-refractivity contribution in [1.29, 1.82) is 0 Å². The monoisotopic (exact) mass is 288 g/mol. The molecule has 1 saturated carbocycles. The highest BCUT2D eigenvalue weighted by atomic mass is 19.3. The lowest BCUT2D eigenvalue weighted by Gasteiger charge is -2.48. The Hall–Kier alpha value is -0.750. The van der Waals surface area contributed by atoms with Gasteiger partial charge in [-0.1, -0.05) is 0 Å². The summed E-state index contributed by atoms with van der Waals surface area (Å²) in [4.78, 5) is 13.9. The zero-order valence-corrected chi connectivity index (χ0v) is 11.8. The molecule has 1 atom stereocenters. The van der Waals surface area contributed by atoms with Gasteiger partial charge in [-0.05, 0) is 25.8 Å². The van der Waals surface area contributed by atoms with E-state index in [0.717, 1.165) is 32.5 Å². The van der Waals surface area contributed by atoms with Crippen molar-refractivity contribution in [2.24, 2.45) is 11.8 Å². The van der Waals surface area contributed by atoms with Gasteiger partial charge in [0, 0.05) is 45.0 Å². The molecule has 1 spiro atoms. The maximum atomic E-state index is 12.7. The molecule has 6 heteroatoms. The van der Waals surface area contributed by atoms with Crippen molar-refractivity contribution in [2.45, 2.75) is 37.2 Å². The molecule has 3 aliphatic rings. The maximum absolute atomic E-state index is 12.7. The van der Waals surface area contributed by atoms with E-state index in [1.54, 1.807) is 0 Å². The quantitative estimate of drug-likeness (QED) is 0.847. The van der Waals surface area contributed by atoms with Gasteiger partial charge in [0.05, 0.1) is 5.60 Å². The van der Waals surface area contributed by atoms with Crippen molar-refractivity contribution in [3.8, 4) is 0 Å². The second-order valence-electron chi connectivity index (χ2n) is 6.61. The van der Waals surface area contributed by atoms with E-state index in [1.807, 2.05) is 0 Å². The summed E-state index contributed by atoms with van der Waals surface area (Å²) in [5.41, 5.74) is -0.0109. The van der Waals surface area contributed by atoms with E-state index >= 15 is 0 Å². The average Bonchev–Trinajstić information content (AvgIpc) is 2.69. The van der Waals surface area contributed by atoms with Gasteiger partial charge in [0.15, 0.2) is 0 Å². The summed E-state index contributed by atoms with van der Waals surface area (Å²) in [6.45, 7) is 3.28. The number of hydrogen-bond acceptors (Lipinski definition) is 3. The summed E-state index contributed by atoms with van der Waals surface area (Å²) in [5, 5.41) is 2.81. The minimum Gasteiger partial charge on any atom is -0.372 e. The first-order valence-corrected chi connectivity index (χ1v) is 7.38. The second-order valence-corrected chi connectivity index (χ2v) is 6.61. The Morgan fingerprint density at radius 1 is 1.40 bits per heavy atom. The molecule has 2 heterocycles. The SMILES string of the molecule is CN1CC2(C1)OCC[C@@H]2CCNC(=O)C1CC(F)(F)C1. The molecule has 0 bridgehead atoms. The third-order valence-electron chi connectivity index (χ3n) is 4.93. The van der Waals surface area contributed by atoms with Crippen LogP contribution in [0, 0.1) is 11.8 Å². The van der Waals surface area contributed by atoms with Crippen LogP contribution in [-0.2, 0) is 9.53 Å². The molecule has 0 aromatic carbocycles. The molecule has 0 radical (unpaired) electrons. The number of hydrogen-bond donors (Lipinski definition) is 1. The molecular weight excluding hydrogens is 266 g/mol. The number of ether oxygens (including phenoxy) is 1. The summed E-state index contributed by atoms with van der Waals surface area (Å²) in [7, 11) is 2.07. The van der Waals surface area contributed by atoms with E-state index in [1.165, 1.54) is 0 Å². The van der Waals surface area contributed by atoms with Gasteiger partial charge in [0.1, 0.15) is 0 Å². The molecule has 3 rings (SSSR count). The largest absolute Gasteiger partial charge is 0.372 e. The number of amides is 1. The third-order valence-corrected chi connectivity index (χ3v) is 4.93. The molecule has 1 amide bonds. The van der Waals surface area contributed by atoms with Gasteiger partial charge >= 0.3 is 0 Å². The normalized spacial score (nSPS) is 31.9. The maximum Gasteiger partial charge on any atom is 0.249 e. The zero-order valence-electron chi connectivity index (χ0n) is 11.8. The van der Waals surface area contributed by atoms with Crippen molar-refractivity contribution in [3.63, 3.8) is 0 Å². The number of halogens is 2. The number of likely N-dealkylation sites (tertiary alicyclic amines) is 1. The number of carbonyl (C=O) groups is 1. The highest BCUT2D eigenvalue weighted by Crippen LogP contribution is 2.43. The lowest BCUT2D eigenvalue weighted by molar-refractivity contribution is -0.150. The molecule has 20 heavy (non-hydrogen) atoms. The molecule has 3 fully saturated rings. The first kappa shape index (κ1) is 14.2. The van der Waals surface area contributed by atoms with Gasteiger partial charge in [0.25, 0.3) is 0 Å². The van der Waals surface area contributed by atoms with Crippen molar-refractivity contribution >= 4 is 5.91 Å². The topological polar surface area (TPSA) is 41.6 Å². The first-order chi connectivity index (χ1) is 9.40. The predicted molar refractivity (Wildman–Crippen MR) is 69.6 cm³/mol. The van der Waals surface area contributed by atoms with Crippen LogP contribution in [0.1, 0.15) is 25.7 Å². The fourth-order valence-corrected chi connectivity index (χ4v) is 3.77. The Morgan fingerprint density at radius 2 is 2.10 bits per heavy atom. The van der Waals surface area contributed by atoms with Crippen LogP contribution in [-0.4, -0.2) is 55.6 Å². The Kier molecular flexibility index (Phi) is 3.49. The van der Waals surface area contributed by atoms with Crippen LogP contribution in [0.3, 0.4) is 0 Å². The van der Waals surface area contributed by atoms with Crippen LogP contribution in [0.2, 0.25) is 0 Å². The van der Waals surface area contributed by atoms with Crippen LogP contribution in [0.15, 0.2) is 0 Å². The summed E-state index contributed by atoms with van der Waals surface area (Å²) in [6, 6.07) is 0. The van der Waals surface area contributed by atoms with E-state index in [9.17, 15) is 13.6 Å². The van der Waals surface area contributed by atoms with Gasteiger partial charge in [0.2, 0.25) is 11.8 Å². The first-order valence-electron chi connectivity index (χ1n) is 7.38. The molecular formula is C14H22F2N2O2. The van der Waals surface area contributed by atoms with Crippen molar-refractivity contribution in [3.05, 3.63) is 0 Å². The summed E-state index contributed by atoms with van der Waals surface area (Å²) < 4.78 is 31.3. The molecule has 114 valence electrons. The zero-order chi connectivity index (χ0) is 14.4. The summed E-state index contributed by atoms with van der Waals surface area (Å²) in [6.07, 6.45) is 1.33. The molecule has 1 aliphatic carbocycles. The highest BCUT2D eigenvalue weighted by molar-refractivity contribution is 5.79. The molecule has 0 unspecified atom stereocenters. The van der Waals surface area contributed by atoms with Crippen LogP contribution in [0.4, 0.5) is 8.78 Å². The number of nitrogens with one attached hydrogen (secondary N) is 1. The molecule has 0 aromatic rings. The van der Waals surface area contributed by atoms with E-state index in [-0.39, 0.29) is 24.3 Å². The van der Waals surface area contributed by atoms with Crippen LogP contribution in [0.25, 0.3) is 0 Å². The van der Waals surface area contributed by atoms with Crippen LogP contribution in [0.5, 0.6) is 0 Å². The molecule has 2 aliphatic heterocycles. The number of nitrogens with zero attached hydrogens (tertiary/aromatic N) is 1. The Labute approximate surface area is 117 Å². The lowest BCUT2D eigenvalue weighted by atomic mass is 9.79. The number of rotatable bonds is 4. The Morgan fingerprint density at radius 3 is 2.70 bits per heavy atom. The summed E-state index contributed by atoms with van der Waals surface area (Å²) in [5.74, 6) is -2.85. The van der Waals surface area contributed by atoms with Crippen molar-refractivity contribution < 1.29 is 18.3 Å². The lowest BCUT2D eigenvalue weighted by Crippen LogP contribution is -2.63. The number of likely N-dealkylation sites (N-methyl/N-ethyl adjacent to an activating group) is 1. The van der Waals surface area contributed by atoms with Gasteiger partial charge < -0.3 is 15.0 Å². The minimum absolute atomic E-state index is 0.0109. The van der Waals surface area contributed by atoms with Gasteiger partial charge in [-0.3, -0.25) is 4.79 Å². The van der Waals surface area contributed by atoms with E-state index in [2.05, 4.69) is 17.3 Å². The van der Waals surface area contributed by atoms with Crippen molar-refractivity contribution in [2.75, 3.05) is 33.3 Å². The minimum atomic E-state index is -2.62. The molecule has 0 aromatic heterocycles. The standard InChI is InChI=1S/C14H22F2N2O2/c1-18-8-13(9-18)11(3-5-20-13)2-4-17-12(19)10-6-14(15,16)7-10/h10-11H,2-9H2,1H3,(H,17,19)/t11-/m0/s1. The molecule has 2 saturated heterocycles. The third kappa shape index (κ3) is 2.55. The molecule has 4 nitrogen and oxygen atoms in total. The average molecular weight is 288 g/mol. The van der Waals surface area contributed by atoms with Gasteiger partial charge in [-0.15, -0.1) is 0 Å².